The van der Waals surface area contributed by atoms with Crippen LogP contribution >= 0.6 is 23.1 Å². The molecule has 0 aliphatic carbocycles. The molecule has 1 atom stereocenters. The zero-order valence-corrected chi connectivity index (χ0v) is 19.9. The minimum Gasteiger partial charge on any atom is -0.463 e. The van der Waals surface area contributed by atoms with Crippen LogP contribution in [0, 0.1) is 0 Å². The van der Waals surface area contributed by atoms with Gasteiger partial charge in [-0.2, -0.15) is 0 Å². The Morgan fingerprint density at radius 3 is 2.76 bits per heavy atom. The highest BCUT2D eigenvalue weighted by Crippen LogP contribution is 2.32. The fourth-order valence-electron chi connectivity index (χ4n) is 3.67. The van der Waals surface area contributed by atoms with Crippen LogP contribution in [0.25, 0.3) is 10.9 Å². The van der Waals surface area contributed by atoms with Crippen LogP contribution in [0.15, 0.2) is 63.0 Å². The highest BCUT2D eigenvalue weighted by Gasteiger charge is 2.34. The van der Waals surface area contributed by atoms with E-state index in [0.29, 0.717) is 33.9 Å². The third-order valence-corrected chi connectivity index (χ3v) is 7.04. The van der Waals surface area contributed by atoms with Gasteiger partial charge in [0.2, 0.25) is 0 Å². The lowest BCUT2D eigenvalue weighted by atomic mass is 10.0. The number of ether oxygens (including phenoxy) is 1. The molecular weight excluding hydrogens is 460 g/mol. The summed E-state index contributed by atoms with van der Waals surface area (Å²) < 4.78 is 6.95. The molecule has 8 nitrogen and oxygen atoms in total. The molecule has 2 N–H and O–H groups in total. The van der Waals surface area contributed by atoms with Crippen LogP contribution in [-0.2, 0) is 16.1 Å². The summed E-state index contributed by atoms with van der Waals surface area (Å²) in [6, 6.07) is 9.98. The summed E-state index contributed by atoms with van der Waals surface area (Å²) in [4.78, 5) is 43.9. The Hall–Kier alpha value is -3.11. The topological polar surface area (TPSA) is 102 Å². The Labute approximate surface area is 199 Å². The Morgan fingerprint density at radius 2 is 2.03 bits per heavy atom. The van der Waals surface area contributed by atoms with Crippen molar-refractivity contribution in [3.63, 3.8) is 0 Å². The van der Waals surface area contributed by atoms with E-state index >= 15 is 0 Å². The maximum Gasteiger partial charge on any atom is 0.338 e. The van der Waals surface area contributed by atoms with Crippen molar-refractivity contribution in [1.29, 1.82) is 0 Å². The molecule has 0 spiro atoms. The maximum atomic E-state index is 13.1. The van der Waals surface area contributed by atoms with Crippen molar-refractivity contribution >= 4 is 46.0 Å². The van der Waals surface area contributed by atoms with Gasteiger partial charge in [-0.05, 0) is 36.9 Å². The standard InChI is InChI=1S/C23H24N4O4S2/c1-3-11-27-20(28)14-8-5-6-9-15(14)25-23(27)33-13-16-18(21(29)31-4-2)19(26-22(30)24-16)17-10-7-12-32-17/h5-10,12,19H,3-4,11,13H2,1-2H3,(H2,24,26,30)/t19-/m1/s1. The van der Waals surface area contributed by atoms with E-state index < -0.39 is 18.0 Å². The number of fused-ring (bicyclic) bond motifs is 1. The van der Waals surface area contributed by atoms with Crippen molar-refractivity contribution in [1.82, 2.24) is 20.2 Å². The van der Waals surface area contributed by atoms with Gasteiger partial charge in [0.1, 0.15) is 0 Å². The number of carbonyl (C=O) groups is 2. The van der Waals surface area contributed by atoms with Crippen molar-refractivity contribution in [3.05, 3.63) is 68.3 Å². The number of hydrogen-bond donors (Lipinski definition) is 2. The predicted molar refractivity (Wildman–Crippen MR) is 129 cm³/mol. The highest BCUT2D eigenvalue weighted by molar-refractivity contribution is 7.99. The van der Waals surface area contributed by atoms with E-state index in [1.807, 2.05) is 36.6 Å². The van der Waals surface area contributed by atoms with Gasteiger partial charge in [-0.1, -0.05) is 36.9 Å². The lowest BCUT2D eigenvalue weighted by Gasteiger charge is -2.28. The number of para-hydroxylation sites is 1. The predicted octanol–water partition coefficient (Wildman–Crippen LogP) is 3.83. The van der Waals surface area contributed by atoms with Crippen molar-refractivity contribution < 1.29 is 14.3 Å². The summed E-state index contributed by atoms with van der Waals surface area (Å²) in [6.45, 7) is 4.48. The molecule has 0 saturated carbocycles. The number of urea groups is 1. The number of thioether (sulfide) groups is 1. The number of thiophene rings is 1. The van der Waals surface area contributed by atoms with Gasteiger partial charge in [0, 0.05) is 22.9 Å². The number of benzene rings is 1. The quantitative estimate of drug-likeness (QED) is 0.286. The molecule has 0 fully saturated rings. The van der Waals surface area contributed by atoms with E-state index in [1.165, 1.54) is 23.1 Å². The van der Waals surface area contributed by atoms with Crippen molar-refractivity contribution in [2.24, 2.45) is 0 Å². The zero-order valence-electron chi connectivity index (χ0n) is 18.3. The van der Waals surface area contributed by atoms with E-state index in [4.69, 9.17) is 9.72 Å². The van der Waals surface area contributed by atoms with Gasteiger partial charge in [-0.15, -0.1) is 11.3 Å². The van der Waals surface area contributed by atoms with Gasteiger partial charge in [0.15, 0.2) is 5.16 Å². The minimum absolute atomic E-state index is 0.102. The minimum atomic E-state index is -0.601. The van der Waals surface area contributed by atoms with Crippen molar-refractivity contribution in [3.8, 4) is 0 Å². The molecule has 2 aromatic heterocycles. The summed E-state index contributed by atoms with van der Waals surface area (Å²) in [5.74, 6) is -0.241. The van der Waals surface area contributed by atoms with Gasteiger partial charge in [-0.25, -0.2) is 14.6 Å². The molecule has 0 bridgehead atoms. The maximum absolute atomic E-state index is 13.1. The lowest BCUT2D eigenvalue weighted by Crippen LogP contribution is -2.46. The number of nitrogens with zero attached hydrogens (tertiary/aromatic N) is 2. The second-order valence-electron chi connectivity index (χ2n) is 7.32. The average molecular weight is 485 g/mol. The first-order chi connectivity index (χ1) is 16.0. The van der Waals surface area contributed by atoms with Crippen LogP contribution in [0.2, 0.25) is 0 Å². The Bertz CT molecular complexity index is 1270. The molecule has 3 heterocycles. The molecule has 4 rings (SSSR count). The Balaban J connectivity index is 1.74. The molecule has 1 aliphatic heterocycles. The first-order valence-electron chi connectivity index (χ1n) is 10.7. The highest BCUT2D eigenvalue weighted by atomic mass is 32.2. The first-order valence-corrected chi connectivity index (χ1v) is 12.5. The van der Waals surface area contributed by atoms with Gasteiger partial charge < -0.3 is 15.4 Å². The van der Waals surface area contributed by atoms with Crippen molar-refractivity contribution in [2.45, 2.75) is 38.0 Å². The molecule has 1 aromatic carbocycles. The van der Waals surface area contributed by atoms with Crippen LogP contribution < -0.4 is 16.2 Å². The van der Waals surface area contributed by atoms with Gasteiger partial charge in [0.05, 0.1) is 29.1 Å². The third kappa shape index (κ3) is 4.81. The monoisotopic (exact) mass is 484 g/mol. The fourth-order valence-corrected chi connectivity index (χ4v) is 5.44. The number of esters is 1. The number of aromatic nitrogens is 2. The van der Waals surface area contributed by atoms with E-state index in [2.05, 4.69) is 10.6 Å². The first kappa shape index (κ1) is 23.1. The normalized spacial score (nSPS) is 15.9. The number of amides is 2. The lowest BCUT2D eigenvalue weighted by molar-refractivity contribution is -0.139. The van der Waals surface area contributed by atoms with E-state index in [9.17, 15) is 14.4 Å². The van der Waals surface area contributed by atoms with E-state index in [0.717, 1.165) is 11.3 Å². The van der Waals surface area contributed by atoms with Gasteiger partial charge in [-0.3, -0.25) is 9.36 Å². The van der Waals surface area contributed by atoms with E-state index in [1.54, 1.807) is 23.6 Å². The molecule has 2 amide bonds. The molecule has 10 heteroatoms. The second kappa shape index (κ2) is 10.2. The smallest absolute Gasteiger partial charge is 0.338 e. The second-order valence-corrected chi connectivity index (χ2v) is 9.24. The number of hydrogen-bond acceptors (Lipinski definition) is 7. The van der Waals surface area contributed by atoms with Crippen LogP contribution in [-0.4, -0.2) is 33.9 Å². The Morgan fingerprint density at radius 1 is 1.21 bits per heavy atom. The summed E-state index contributed by atoms with van der Waals surface area (Å²) >= 11 is 2.76. The summed E-state index contributed by atoms with van der Waals surface area (Å²) in [6.07, 6.45) is 0.769. The van der Waals surface area contributed by atoms with E-state index in [-0.39, 0.29) is 17.9 Å². The summed E-state index contributed by atoms with van der Waals surface area (Å²) in [7, 11) is 0. The third-order valence-electron chi connectivity index (χ3n) is 5.10. The molecule has 3 aromatic rings. The van der Waals surface area contributed by atoms with Crippen molar-refractivity contribution in [2.75, 3.05) is 12.4 Å². The SMILES string of the molecule is CCCn1c(SCC2=C(C(=O)OCC)[C@@H](c3cccs3)NC(=O)N2)nc2ccccc2c1=O. The zero-order chi connectivity index (χ0) is 23.4. The largest absolute Gasteiger partial charge is 0.463 e. The number of nitrogens with one attached hydrogen (secondary N) is 2. The van der Waals surface area contributed by atoms with Gasteiger partial charge in [0.25, 0.3) is 5.56 Å². The van der Waals surface area contributed by atoms with Crippen LogP contribution in [0.5, 0.6) is 0 Å². The van der Waals surface area contributed by atoms with Crippen LogP contribution in [0.3, 0.4) is 0 Å². The molecule has 172 valence electrons. The number of rotatable bonds is 8. The summed E-state index contributed by atoms with van der Waals surface area (Å²) in [5.41, 5.74) is 1.32. The van der Waals surface area contributed by atoms with Crippen LogP contribution in [0.1, 0.15) is 31.2 Å². The van der Waals surface area contributed by atoms with Crippen LogP contribution in [0.4, 0.5) is 4.79 Å². The summed E-state index contributed by atoms with van der Waals surface area (Å²) in [5, 5.41) is 8.59. The van der Waals surface area contributed by atoms with Gasteiger partial charge >= 0.3 is 12.0 Å². The molecule has 33 heavy (non-hydrogen) atoms. The fraction of sp³-hybridized carbons (Fsp3) is 0.304. The molecular formula is C23H24N4O4S2. The Kier molecular flexibility index (Phi) is 7.14. The number of carbonyl (C=O) groups excluding carboxylic acids is 2. The molecule has 0 unspecified atom stereocenters. The average Bonchev–Trinajstić information content (AvgIpc) is 3.34. The molecule has 0 saturated heterocycles. The molecule has 1 aliphatic rings. The molecule has 0 radical (unpaired) electrons.